The molecule has 2 rings (SSSR count). The van der Waals surface area contributed by atoms with Gasteiger partial charge in [0.25, 0.3) is 20.4 Å². The highest BCUT2D eigenvalue weighted by Crippen LogP contribution is 2.28. The Kier molecular flexibility index (Phi) is 3.91. The quantitative estimate of drug-likeness (QED) is 0.806. The van der Waals surface area contributed by atoms with Gasteiger partial charge in [-0.25, -0.2) is 0 Å². The van der Waals surface area contributed by atoms with Gasteiger partial charge in [0, 0.05) is 17.6 Å². The van der Waals surface area contributed by atoms with Crippen molar-refractivity contribution in [1.82, 2.24) is 0 Å². The summed E-state index contributed by atoms with van der Waals surface area (Å²) in [7, 11) is -7.10. The molecule has 2 aliphatic rings. The Hall–Kier alpha value is -1.36. The minimum atomic E-state index is -3.55. The summed E-state index contributed by atoms with van der Waals surface area (Å²) in [6.07, 6.45) is 0.334. The summed E-state index contributed by atoms with van der Waals surface area (Å²) >= 11 is 0. The third-order valence-corrected chi connectivity index (χ3v) is 5.17. The molecule has 0 fully saturated rings. The lowest BCUT2D eigenvalue weighted by molar-refractivity contribution is 0.551. The van der Waals surface area contributed by atoms with E-state index in [0.717, 1.165) is 0 Å². The van der Waals surface area contributed by atoms with Crippen LogP contribution in [0.3, 0.4) is 0 Å². The fraction of sp³-hybridized carbons (Fsp3) is 0.455. The molecule has 0 aromatic rings. The molecule has 0 saturated carbocycles. The van der Waals surface area contributed by atoms with Gasteiger partial charge in [-0.1, -0.05) is 0 Å². The van der Waals surface area contributed by atoms with Crippen molar-refractivity contribution in [2.24, 2.45) is 17.5 Å². The van der Waals surface area contributed by atoms with Crippen LogP contribution in [0.15, 0.2) is 40.1 Å². The highest BCUT2D eigenvalue weighted by atomic mass is 32.2. The summed E-state index contributed by atoms with van der Waals surface area (Å²) < 4.78 is 56.6. The average molecular weight is 332 g/mol. The van der Waals surface area contributed by atoms with Gasteiger partial charge in [0.2, 0.25) is 0 Å². The monoisotopic (exact) mass is 332 g/mol. The molecular formula is C11H16N4O4S2. The van der Waals surface area contributed by atoms with Gasteiger partial charge >= 0.3 is 0 Å². The first-order valence-corrected chi connectivity index (χ1v) is 8.89. The van der Waals surface area contributed by atoms with Gasteiger partial charge in [0.1, 0.15) is 0 Å². The molecule has 21 heavy (non-hydrogen) atoms. The molecule has 0 spiro atoms. The molecule has 0 saturated heterocycles. The van der Waals surface area contributed by atoms with Crippen LogP contribution in [0.5, 0.6) is 0 Å². The number of hydrogen-bond donors (Lipinski definition) is 2. The number of nitrogens with zero attached hydrogens (tertiary/aromatic N) is 4. The van der Waals surface area contributed by atoms with Crippen LogP contribution in [0.2, 0.25) is 0 Å². The largest absolute Gasteiger partial charge is 0.283 e. The summed E-state index contributed by atoms with van der Waals surface area (Å²) in [6, 6.07) is 0. The van der Waals surface area contributed by atoms with Gasteiger partial charge in [-0.2, -0.15) is 25.9 Å². The van der Waals surface area contributed by atoms with Crippen LogP contribution >= 0.6 is 0 Å². The van der Waals surface area contributed by atoms with Crippen molar-refractivity contribution in [2.45, 2.75) is 34.1 Å². The second kappa shape index (κ2) is 5.13. The maximum absolute atomic E-state index is 11.5. The lowest BCUT2D eigenvalue weighted by Gasteiger charge is -2.18. The van der Waals surface area contributed by atoms with E-state index in [1.807, 2.05) is 0 Å². The Bertz CT molecular complexity index is 804. The maximum atomic E-state index is 11.5. The van der Waals surface area contributed by atoms with Crippen LogP contribution in [0.4, 0.5) is 0 Å². The van der Waals surface area contributed by atoms with E-state index in [-0.39, 0.29) is 0 Å². The van der Waals surface area contributed by atoms with E-state index >= 15 is 0 Å². The molecule has 0 radical (unpaired) electrons. The SMILES string of the molecule is CC1=NS(=O)(O)=NC(C)=C1CC1=C(C)N=S(=O)(O)N=C1C. The van der Waals surface area contributed by atoms with Crippen LogP contribution in [-0.4, -0.2) is 28.9 Å². The summed E-state index contributed by atoms with van der Waals surface area (Å²) in [5, 5.41) is 0. The van der Waals surface area contributed by atoms with E-state index in [4.69, 9.17) is 0 Å². The van der Waals surface area contributed by atoms with Crippen LogP contribution < -0.4 is 0 Å². The molecule has 2 N–H and O–H groups in total. The van der Waals surface area contributed by atoms with Crippen LogP contribution in [0.25, 0.3) is 0 Å². The van der Waals surface area contributed by atoms with Crippen LogP contribution in [0, 0.1) is 0 Å². The molecule has 8 nitrogen and oxygen atoms in total. The molecule has 10 heteroatoms. The Morgan fingerprint density at radius 2 is 1.14 bits per heavy atom. The normalized spacial score (nSPS) is 33.2. The first-order chi connectivity index (χ1) is 9.51. The summed E-state index contributed by atoms with van der Waals surface area (Å²) in [4.78, 5) is 0. The Labute approximate surface area is 124 Å². The molecule has 2 aliphatic heterocycles. The van der Waals surface area contributed by atoms with E-state index in [0.29, 0.717) is 40.4 Å². The first-order valence-electron chi connectivity index (χ1n) is 6.03. The van der Waals surface area contributed by atoms with Crippen molar-refractivity contribution in [3.8, 4) is 0 Å². The lowest BCUT2D eigenvalue weighted by atomic mass is 9.96. The molecule has 0 aromatic heterocycles. The molecule has 0 aromatic carbocycles. The van der Waals surface area contributed by atoms with E-state index < -0.39 is 20.4 Å². The van der Waals surface area contributed by atoms with Crippen molar-refractivity contribution in [3.63, 3.8) is 0 Å². The topological polar surface area (TPSA) is 124 Å². The zero-order valence-corrected chi connectivity index (χ0v) is 13.7. The predicted molar refractivity (Wildman–Crippen MR) is 82.6 cm³/mol. The molecular weight excluding hydrogens is 316 g/mol. The van der Waals surface area contributed by atoms with Gasteiger partial charge in [-0.05, 0) is 27.7 Å². The Morgan fingerprint density at radius 1 is 0.810 bits per heavy atom. The first kappa shape index (κ1) is 16.0. The third kappa shape index (κ3) is 3.46. The maximum Gasteiger partial charge on any atom is 0.278 e. The third-order valence-electron chi connectivity index (χ3n) is 3.12. The fourth-order valence-corrected chi connectivity index (χ4v) is 4.14. The van der Waals surface area contributed by atoms with Crippen molar-refractivity contribution in [2.75, 3.05) is 0 Å². The second-order valence-electron chi connectivity index (χ2n) is 4.78. The van der Waals surface area contributed by atoms with Crippen molar-refractivity contribution >= 4 is 31.8 Å². The summed E-state index contributed by atoms with van der Waals surface area (Å²) in [5.74, 6) is 0. The number of rotatable bonds is 2. The Morgan fingerprint density at radius 3 is 1.43 bits per heavy atom. The van der Waals surface area contributed by atoms with Gasteiger partial charge in [-0.15, -0.1) is 0 Å². The van der Waals surface area contributed by atoms with Gasteiger partial charge in [0.05, 0.1) is 22.8 Å². The highest BCUT2D eigenvalue weighted by Gasteiger charge is 2.22. The van der Waals surface area contributed by atoms with Crippen LogP contribution in [0.1, 0.15) is 34.1 Å². The molecule has 0 aliphatic carbocycles. The fourth-order valence-electron chi connectivity index (χ4n) is 2.19. The van der Waals surface area contributed by atoms with Crippen molar-refractivity contribution in [1.29, 1.82) is 0 Å². The molecule has 0 amide bonds. The van der Waals surface area contributed by atoms with Crippen LogP contribution in [-0.2, 0) is 20.4 Å². The van der Waals surface area contributed by atoms with Crippen molar-refractivity contribution in [3.05, 3.63) is 22.5 Å². The zero-order valence-electron chi connectivity index (χ0n) is 12.0. The van der Waals surface area contributed by atoms with Crippen molar-refractivity contribution < 1.29 is 17.5 Å². The molecule has 116 valence electrons. The lowest BCUT2D eigenvalue weighted by Crippen LogP contribution is -2.15. The molecule has 2 heterocycles. The summed E-state index contributed by atoms with van der Waals surface area (Å²) in [6.45, 7) is 6.50. The summed E-state index contributed by atoms with van der Waals surface area (Å²) in [5.41, 5.74) is 3.04. The number of allylic oxidation sites excluding steroid dienone is 4. The minimum absolute atomic E-state index is 0.334. The van der Waals surface area contributed by atoms with Gasteiger partial charge in [0.15, 0.2) is 0 Å². The predicted octanol–water partition coefficient (Wildman–Crippen LogP) is 2.59. The molecule has 2 atom stereocenters. The average Bonchev–Trinajstić information content (AvgIpc) is 2.22. The molecule has 2 unspecified atom stereocenters. The van der Waals surface area contributed by atoms with Gasteiger partial charge in [-0.3, -0.25) is 9.11 Å². The van der Waals surface area contributed by atoms with E-state index in [1.165, 1.54) is 0 Å². The Balaban J connectivity index is 2.51. The van der Waals surface area contributed by atoms with Gasteiger partial charge < -0.3 is 0 Å². The van der Waals surface area contributed by atoms with E-state index in [9.17, 15) is 17.5 Å². The standard InChI is InChI=1S/C11H16N4O4S2/c1-6-10(7(2)13-20(16,17)12-6)5-11-8(3)14-21(18,19)15-9(11)4/h5H2,1-4H3,(H,12,13,16,17)(H,14,15,18,19). The smallest absolute Gasteiger partial charge is 0.278 e. The minimum Gasteiger partial charge on any atom is -0.283 e. The van der Waals surface area contributed by atoms with E-state index in [2.05, 4.69) is 17.5 Å². The highest BCUT2D eigenvalue weighted by molar-refractivity contribution is 7.87. The molecule has 0 bridgehead atoms. The second-order valence-corrected chi connectivity index (χ2v) is 7.38. The zero-order chi connectivity index (χ0) is 16.0. The van der Waals surface area contributed by atoms with E-state index in [1.54, 1.807) is 27.7 Å². The number of hydrogen-bond acceptors (Lipinski definition) is 4.